The van der Waals surface area contributed by atoms with Crippen molar-refractivity contribution in [1.82, 2.24) is 5.32 Å². The van der Waals surface area contributed by atoms with Crippen molar-refractivity contribution >= 4 is 26.3 Å². The Hall–Kier alpha value is -2.38. The molecule has 0 aliphatic carbocycles. The summed E-state index contributed by atoms with van der Waals surface area (Å²) in [5.74, 6) is 0. The van der Waals surface area contributed by atoms with E-state index in [4.69, 9.17) is 11.1 Å². The van der Waals surface area contributed by atoms with E-state index in [0.717, 1.165) is 31.9 Å². The van der Waals surface area contributed by atoms with Gasteiger partial charge in [-0.3, -0.25) is 5.41 Å². The van der Waals surface area contributed by atoms with Crippen LogP contribution in [0.4, 0.5) is 11.4 Å². The van der Waals surface area contributed by atoms with Gasteiger partial charge in [-0.05, 0) is 30.3 Å². The molecule has 6 nitrogen and oxygen atoms in total. The standard InChI is InChI=1S/C17H20N4O2S/c18-16-12-13(21-10-8-20-9-11-21)6-7-15(16)17(19)24(22,23)14-4-2-1-3-5-14/h1-7,12,19-20H,8-11,18H2. The minimum atomic E-state index is -3.87. The highest BCUT2D eigenvalue weighted by Crippen LogP contribution is 2.25. The molecule has 0 unspecified atom stereocenters. The zero-order valence-corrected chi connectivity index (χ0v) is 14.0. The van der Waals surface area contributed by atoms with Gasteiger partial charge in [-0.25, -0.2) is 8.42 Å². The third-order valence-corrected chi connectivity index (χ3v) is 5.73. The van der Waals surface area contributed by atoms with Gasteiger partial charge in [-0.2, -0.15) is 0 Å². The fraction of sp³-hybridized carbons (Fsp3) is 0.235. The summed E-state index contributed by atoms with van der Waals surface area (Å²) in [6.07, 6.45) is 0. The first-order valence-electron chi connectivity index (χ1n) is 7.74. The second-order valence-corrected chi connectivity index (χ2v) is 7.54. The van der Waals surface area contributed by atoms with Crippen molar-refractivity contribution in [2.75, 3.05) is 36.8 Å². The van der Waals surface area contributed by atoms with E-state index in [0.29, 0.717) is 5.69 Å². The highest BCUT2D eigenvalue weighted by molar-refractivity contribution is 8.06. The van der Waals surface area contributed by atoms with Gasteiger partial charge in [0.25, 0.3) is 0 Å². The van der Waals surface area contributed by atoms with Crippen LogP contribution in [0.15, 0.2) is 53.4 Å². The molecule has 1 saturated heterocycles. The maximum absolute atomic E-state index is 12.6. The molecule has 0 saturated carbocycles. The van der Waals surface area contributed by atoms with Crippen LogP contribution in [0, 0.1) is 5.41 Å². The third-order valence-electron chi connectivity index (χ3n) is 4.08. The summed E-state index contributed by atoms with van der Waals surface area (Å²) in [6.45, 7) is 3.55. The first kappa shape index (κ1) is 16.5. The zero-order valence-electron chi connectivity index (χ0n) is 13.2. The molecule has 0 bridgehead atoms. The molecule has 1 heterocycles. The van der Waals surface area contributed by atoms with Crippen molar-refractivity contribution in [3.05, 3.63) is 54.1 Å². The van der Waals surface area contributed by atoms with Gasteiger partial charge < -0.3 is 16.0 Å². The van der Waals surface area contributed by atoms with Gasteiger partial charge in [-0.1, -0.05) is 18.2 Å². The van der Waals surface area contributed by atoms with E-state index in [1.54, 1.807) is 30.3 Å². The van der Waals surface area contributed by atoms with Gasteiger partial charge in [0.05, 0.1) is 4.90 Å². The Labute approximate surface area is 141 Å². The third kappa shape index (κ3) is 3.13. The number of hydrogen-bond acceptors (Lipinski definition) is 6. The second kappa shape index (κ2) is 6.62. The van der Waals surface area contributed by atoms with Gasteiger partial charge in [-0.15, -0.1) is 0 Å². The molecule has 0 radical (unpaired) electrons. The van der Waals surface area contributed by atoms with Crippen molar-refractivity contribution in [2.45, 2.75) is 4.90 Å². The average Bonchev–Trinajstić information content (AvgIpc) is 2.62. The van der Waals surface area contributed by atoms with Gasteiger partial charge >= 0.3 is 0 Å². The number of piperazine rings is 1. The number of anilines is 2. The molecule has 126 valence electrons. The molecule has 4 N–H and O–H groups in total. The molecule has 3 rings (SSSR count). The van der Waals surface area contributed by atoms with Crippen molar-refractivity contribution in [3.63, 3.8) is 0 Å². The number of nitrogens with two attached hydrogens (primary N) is 1. The molecule has 1 fully saturated rings. The molecule has 2 aromatic carbocycles. The Bertz CT molecular complexity index is 844. The minimum Gasteiger partial charge on any atom is -0.398 e. The van der Waals surface area contributed by atoms with Gasteiger partial charge in [0.1, 0.15) is 0 Å². The molecule has 2 aromatic rings. The van der Waals surface area contributed by atoms with E-state index in [1.807, 2.05) is 6.07 Å². The largest absolute Gasteiger partial charge is 0.398 e. The lowest BCUT2D eigenvalue weighted by atomic mass is 10.1. The monoisotopic (exact) mass is 344 g/mol. The summed E-state index contributed by atoms with van der Waals surface area (Å²) in [7, 11) is -3.87. The van der Waals surface area contributed by atoms with E-state index in [-0.39, 0.29) is 10.5 Å². The van der Waals surface area contributed by atoms with E-state index < -0.39 is 14.9 Å². The number of rotatable bonds is 3. The number of nitrogens with zero attached hydrogens (tertiary/aromatic N) is 1. The predicted molar refractivity (Wildman–Crippen MR) is 96.4 cm³/mol. The summed E-state index contributed by atoms with van der Waals surface area (Å²) in [6, 6.07) is 13.2. The number of hydrogen-bond donors (Lipinski definition) is 3. The van der Waals surface area contributed by atoms with Crippen molar-refractivity contribution < 1.29 is 8.42 Å². The Morgan fingerprint density at radius 3 is 2.38 bits per heavy atom. The van der Waals surface area contributed by atoms with Crippen molar-refractivity contribution in [2.24, 2.45) is 0 Å². The summed E-state index contributed by atoms with van der Waals surface area (Å²) < 4.78 is 25.1. The SMILES string of the molecule is N=C(c1ccc(N2CCNCC2)cc1N)S(=O)(=O)c1ccccc1. The van der Waals surface area contributed by atoms with Gasteiger partial charge in [0.2, 0.25) is 9.84 Å². The van der Waals surface area contributed by atoms with Gasteiger partial charge in [0, 0.05) is 43.1 Å². The van der Waals surface area contributed by atoms with Crippen LogP contribution in [-0.4, -0.2) is 39.6 Å². The van der Waals surface area contributed by atoms with Crippen LogP contribution in [0.3, 0.4) is 0 Å². The van der Waals surface area contributed by atoms with Crippen LogP contribution < -0.4 is 16.0 Å². The Morgan fingerprint density at radius 2 is 1.75 bits per heavy atom. The summed E-state index contributed by atoms with van der Waals surface area (Å²) in [5.41, 5.74) is 7.54. The van der Waals surface area contributed by atoms with Crippen LogP contribution in [0.5, 0.6) is 0 Å². The zero-order chi connectivity index (χ0) is 17.2. The predicted octanol–water partition coefficient (Wildman–Crippen LogP) is 1.48. The molecule has 0 spiro atoms. The van der Waals surface area contributed by atoms with Crippen LogP contribution >= 0.6 is 0 Å². The lowest BCUT2D eigenvalue weighted by Gasteiger charge is -2.29. The highest BCUT2D eigenvalue weighted by Gasteiger charge is 2.24. The maximum atomic E-state index is 12.6. The van der Waals surface area contributed by atoms with E-state index in [9.17, 15) is 8.42 Å². The summed E-state index contributed by atoms with van der Waals surface area (Å²) >= 11 is 0. The van der Waals surface area contributed by atoms with Crippen LogP contribution in [0.1, 0.15) is 5.56 Å². The fourth-order valence-corrected chi connectivity index (χ4v) is 3.97. The number of benzene rings is 2. The van der Waals surface area contributed by atoms with Crippen LogP contribution in [0.25, 0.3) is 0 Å². The Kier molecular flexibility index (Phi) is 4.55. The normalized spacial score (nSPS) is 15.2. The quantitative estimate of drug-likeness (QED) is 0.445. The molecular formula is C17H20N4O2S. The molecule has 0 amide bonds. The molecule has 0 aromatic heterocycles. The number of nitrogens with one attached hydrogen (secondary N) is 2. The molecule has 1 aliphatic rings. The van der Waals surface area contributed by atoms with Crippen molar-refractivity contribution in [1.29, 1.82) is 5.41 Å². The Morgan fingerprint density at radius 1 is 1.08 bits per heavy atom. The fourth-order valence-electron chi connectivity index (χ4n) is 2.74. The van der Waals surface area contributed by atoms with E-state index in [2.05, 4.69) is 10.2 Å². The van der Waals surface area contributed by atoms with Gasteiger partial charge in [0.15, 0.2) is 5.04 Å². The second-order valence-electron chi connectivity index (χ2n) is 5.65. The lowest BCUT2D eigenvalue weighted by Crippen LogP contribution is -2.43. The van der Waals surface area contributed by atoms with E-state index in [1.165, 1.54) is 12.1 Å². The number of sulfone groups is 1. The number of nitrogen functional groups attached to an aromatic ring is 1. The minimum absolute atomic E-state index is 0.0978. The molecule has 0 atom stereocenters. The van der Waals surface area contributed by atoms with Crippen molar-refractivity contribution in [3.8, 4) is 0 Å². The van der Waals surface area contributed by atoms with Crippen LogP contribution in [-0.2, 0) is 9.84 Å². The summed E-state index contributed by atoms with van der Waals surface area (Å²) in [5, 5.41) is 10.9. The molecule has 24 heavy (non-hydrogen) atoms. The molecule has 7 heteroatoms. The molecular weight excluding hydrogens is 324 g/mol. The smallest absolute Gasteiger partial charge is 0.223 e. The average molecular weight is 344 g/mol. The Balaban J connectivity index is 1.90. The summed E-state index contributed by atoms with van der Waals surface area (Å²) in [4.78, 5) is 2.28. The first-order valence-corrected chi connectivity index (χ1v) is 9.23. The highest BCUT2D eigenvalue weighted by atomic mass is 32.2. The lowest BCUT2D eigenvalue weighted by molar-refractivity contribution is 0.589. The van der Waals surface area contributed by atoms with Crippen LogP contribution in [0.2, 0.25) is 0 Å². The molecule has 1 aliphatic heterocycles. The topological polar surface area (TPSA) is 99.3 Å². The van der Waals surface area contributed by atoms with E-state index >= 15 is 0 Å². The maximum Gasteiger partial charge on any atom is 0.223 e. The first-order chi connectivity index (χ1) is 11.5.